The van der Waals surface area contributed by atoms with E-state index in [1.54, 1.807) is 0 Å². The predicted molar refractivity (Wildman–Crippen MR) is 73.2 cm³/mol. The van der Waals surface area contributed by atoms with Crippen LogP contribution in [0.4, 0.5) is 0 Å². The molecule has 0 saturated heterocycles. The third-order valence-electron chi connectivity index (χ3n) is 3.23. The molecule has 0 radical (unpaired) electrons. The Bertz CT molecular complexity index is 349. The number of aryl methyl sites for hydroxylation is 2. The maximum absolute atomic E-state index is 8.82. The fourth-order valence-corrected chi connectivity index (χ4v) is 2.22. The molecule has 2 atom stereocenters. The summed E-state index contributed by atoms with van der Waals surface area (Å²) >= 11 is 0. The number of nitrogens with one attached hydrogen (secondary N) is 1. The van der Waals surface area contributed by atoms with Crippen molar-refractivity contribution in [2.45, 2.75) is 52.6 Å². The van der Waals surface area contributed by atoms with Crippen molar-refractivity contribution in [1.82, 2.24) is 5.32 Å². The third kappa shape index (κ3) is 4.49. The molecule has 1 aromatic rings. The van der Waals surface area contributed by atoms with E-state index < -0.39 is 0 Å². The molecule has 2 unspecified atom stereocenters. The predicted octanol–water partition coefficient (Wildman–Crippen LogP) is 3.12. The second-order valence-electron chi connectivity index (χ2n) is 5.02. The van der Waals surface area contributed by atoms with Crippen LogP contribution >= 0.6 is 0 Å². The van der Waals surface area contributed by atoms with Crippen LogP contribution in [0.5, 0.6) is 0 Å². The van der Waals surface area contributed by atoms with Crippen LogP contribution in [0.3, 0.4) is 0 Å². The molecule has 17 heavy (non-hydrogen) atoms. The Morgan fingerprint density at radius 2 is 1.94 bits per heavy atom. The molecule has 96 valence electrons. The molecular weight excluding hydrogens is 210 g/mol. The topological polar surface area (TPSA) is 32.3 Å². The molecule has 2 heteroatoms. The van der Waals surface area contributed by atoms with Crippen molar-refractivity contribution in [1.29, 1.82) is 0 Å². The van der Waals surface area contributed by atoms with Gasteiger partial charge < -0.3 is 10.4 Å². The molecule has 0 bridgehead atoms. The molecule has 1 aromatic carbocycles. The summed E-state index contributed by atoms with van der Waals surface area (Å²) in [5, 5.41) is 12.4. The van der Waals surface area contributed by atoms with Gasteiger partial charge in [0.2, 0.25) is 0 Å². The van der Waals surface area contributed by atoms with Crippen LogP contribution in [0.25, 0.3) is 0 Å². The average Bonchev–Trinajstić information content (AvgIpc) is 2.29. The lowest BCUT2D eigenvalue weighted by Gasteiger charge is -2.22. The van der Waals surface area contributed by atoms with Crippen molar-refractivity contribution in [3.63, 3.8) is 0 Å². The smallest absolute Gasteiger partial charge is 0.0431 e. The van der Waals surface area contributed by atoms with Crippen LogP contribution < -0.4 is 5.32 Å². The van der Waals surface area contributed by atoms with E-state index in [-0.39, 0.29) is 6.61 Å². The normalized spacial score (nSPS) is 14.6. The van der Waals surface area contributed by atoms with Crippen LogP contribution in [0, 0.1) is 13.8 Å². The zero-order chi connectivity index (χ0) is 12.8. The zero-order valence-electron chi connectivity index (χ0n) is 11.5. The fourth-order valence-electron chi connectivity index (χ4n) is 2.22. The third-order valence-corrected chi connectivity index (χ3v) is 3.23. The van der Waals surface area contributed by atoms with Gasteiger partial charge in [-0.15, -0.1) is 0 Å². The van der Waals surface area contributed by atoms with Crippen molar-refractivity contribution in [3.8, 4) is 0 Å². The summed E-state index contributed by atoms with van der Waals surface area (Å²) in [6.45, 7) is 8.95. The van der Waals surface area contributed by atoms with E-state index in [1.807, 2.05) is 0 Å². The molecule has 0 fully saturated rings. The minimum Gasteiger partial charge on any atom is -0.396 e. The minimum absolute atomic E-state index is 0.282. The Morgan fingerprint density at radius 1 is 1.24 bits per heavy atom. The van der Waals surface area contributed by atoms with E-state index in [0.717, 1.165) is 12.8 Å². The van der Waals surface area contributed by atoms with Gasteiger partial charge >= 0.3 is 0 Å². The molecule has 0 aliphatic rings. The van der Waals surface area contributed by atoms with Crippen molar-refractivity contribution in [3.05, 3.63) is 34.9 Å². The number of rotatable bonds is 6. The van der Waals surface area contributed by atoms with Crippen LogP contribution in [0.1, 0.15) is 49.4 Å². The van der Waals surface area contributed by atoms with Gasteiger partial charge in [0, 0.05) is 18.7 Å². The van der Waals surface area contributed by atoms with Gasteiger partial charge in [-0.05, 0) is 51.7 Å². The summed E-state index contributed by atoms with van der Waals surface area (Å²) in [5.74, 6) is 0. The van der Waals surface area contributed by atoms with Crippen LogP contribution in [-0.2, 0) is 0 Å². The fraction of sp³-hybridized carbons (Fsp3) is 0.600. The summed E-state index contributed by atoms with van der Waals surface area (Å²) < 4.78 is 0. The Labute approximate surface area is 105 Å². The van der Waals surface area contributed by atoms with Gasteiger partial charge in [0.05, 0.1) is 0 Å². The number of aliphatic hydroxyl groups is 1. The number of hydrogen-bond donors (Lipinski definition) is 2. The van der Waals surface area contributed by atoms with E-state index in [1.165, 1.54) is 16.7 Å². The van der Waals surface area contributed by atoms with Gasteiger partial charge in [-0.2, -0.15) is 0 Å². The largest absolute Gasteiger partial charge is 0.396 e. The van der Waals surface area contributed by atoms with Crippen molar-refractivity contribution >= 4 is 0 Å². The van der Waals surface area contributed by atoms with E-state index in [0.29, 0.717) is 12.1 Å². The average molecular weight is 235 g/mol. The lowest BCUT2D eigenvalue weighted by molar-refractivity contribution is 0.274. The monoisotopic (exact) mass is 235 g/mol. The second kappa shape index (κ2) is 6.77. The standard InChI is InChI=1S/C15H25NO/c1-11-7-8-12(2)15(10-11)14(4)16-13(3)6-5-9-17/h7-8,10,13-14,16-17H,5-6,9H2,1-4H3. The molecule has 0 aliphatic carbocycles. The lowest BCUT2D eigenvalue weighted by atomic mass is 9.99. The maximum Gasteiger partial charge on any atom is 0.0431 e. The number of hydrogen-bond acceptors (Lipinski definition) is 2. The second-order valence-corrected chi connectivity index (χ2v) is 5.02. The highest BCUT2D eigenvalue weighted by atomic mass is 16.2. The summed E-state index contributed by atoms with van der Waals surface area (Å²) in [4.78, 5) is 0. The number of aliphatic hydroxyl groups excluding tert-OH is 1. The quantitative estimate of drug-likeness (QED) is 0.794. The lowest BCUT2D eigenvalue weighted by Crippen LogP contribution is -2.29. The summed E-state index contributed by atoms with van der Waals surface area (Å²) in [6, 6.07) is 7.40. The van der Waals surface area contributed by atoms with Gasteiger partial charge in [0.25, 0.3) is 0 Å². The first-order chi connectivity index (χ1) is 8.04. The first kappa shape index (κ1) is 14.2. The molecular formula is C15H25NO. The van der Waals surface area contributed by atoms with Crippen LogP contribution in [-0.4, -0.2) is 17.8 Å². The van der Waals surface area contributed by atoms with Crippen molar-refractivity contribution in [2.24, 2.45) is 0 Å². The molecule has 0 amide bonds. The highest BCUT2D eigenvalue weighted by molar-refractivity contribution is 5.32. The molecule has 2 nitrogen and oxygen atoms in total. The molecule has 2 N–H and O–H groups in total. The molecule has 0 saturated carbocycles. The Morgan fingerprint density at radius 3 is 2.59 bits per heavy atom. The summed E-state index contributed by atoms with van der Waals surface area (Å²) in [5.41, 5.74) is 4.02. The van der Waals surface area contributed by atoms with Crippen molar-refractivity contribution < 1.29 is 5.11 Å². The van der Waals surface area contributed by atoms with Crippen LogP contribution in [0.2, 0.25) is 0 Å². The summed E-state index contributed by atoms with van der Waals surface area (Å²) in [7, 11) is 0. The van der Waals surface area contributed by atoms with Gasteiger partial charge in [-0.3, -0.25) is 0 Å². The van der Waals surface area contributed by atoms with E-state index in [2.05, 4.69) is 51.2 Å². The zero-order valence-corrected chi connectivity index (χ0v) is 11.5. The molecule has 1 rings (SSSR count). The van der Waals surface area contributed by atoms with Gasteiger partial charge in [-0.25, -0.2) is 0 Å². The first-order valence-corrected chi connectivity index (χ1v) is 6.48. The molecule has 0 aliphatic heterocycles. The van der Waals surface area contributed by atoms with Crippen molar-refractivity contribution in [2.75, 3.05) is 6.61 Å². The molecule has 0 heterocycles. The van der Waals surface area contributed by atoms with E-state index >= 15 is 0 Å². The summed E-state index contributed by atoms with van der Waals surface area (Å²) in [6.07, 6.45) is 1.89. The SMILES string of the molecule is Cc1ccc(C)c(C(C)NC(C)CCCO)c1. The van der Waals surface area contributed by atoms with Gasteiger partial charge in [0.1, 0.15) is 0 Å². The van der Waals surface area contributed by atoms with Gasteiger partial charge in [0.15, 0.2) is 0 Å². The van der Waals surface area contributed by atoms with Gasteiger partial charge in [-0.1, -0.05) is 23.8 Å². The Kier molecular flexibility index (Phi) is 5.66. The molecule has 0 spiro atoms. The minimum atomic E-state index is 0.282. The maximum atomic E-state index is 8.82. The highest BCUT2D eigenvalue weighted by Gasteiger charge is 2.11. The highest BCUT2D eigenvalue weighted by Crippen LogP contribution is 2.19. The first-order valence-electron chi connectivity index (χ1n) is 6.48. The molecule has 0 aromatic heterocycles. The van der Waals surface area contributed by atoms with Crippen LogP contribution in [0.15, 0.2) is 18.2 Å². The Hall–Kier alpha value is -0.860. The van der Waals surface area contributed by atoms with E-state index in [4.69, 9.17) is 5.11 Å². The number of benzene rings is 1. The van der Waals surface area contributed by atoms with E-state index in [9.17, 15) is 0 Å². The Balaban J connectivity index is 2.62.